The number of halogens is 4. The van der Waals surface area contributed by atoms with Gasteiger partial charge in [0.1, 0.15) is 5.01 Å². The number of hydrogen-bond donors (Lipinski definition) is 1. The molecule has 1 N–H and O–H groups in total. The maximum Gasteiger partial charge on any atom is 0.474 e. The second-order valence-corrected chi connectivity index (χ2v) is 7.56. The Balaban J connectivity index is 4.25. The van der Waals surface area contributed by atoms with Crippen molar-refractivity contribution >= 4 is 62.9 Å². The van der Waals surface area contributed by atoms with Crippen LogP contribution in [0.4, 0.5) is 0 Å². The molecule has 0 aromatic carbocycles. The summed E-state index contributed by atoms with van der Waals surface area (Å²) in [4.78, 5) is 9.11. The Morgan fingerprint density at radius 2 is 1.73 bits per heavy atom. The Bertz CT molecular complexity index is 221. The maximum absolute atomic E-state index is 11.4. The van der Waals surface area contributed by atoms with Crippen molar-refractivity contribution < 1.29 is 18.5 Å². The minimum absolute atomic E-state index is 0.163. The van der Waals surface area contributed by atoms with Crippen LogP contribution in [0.1, 0.15) is 13.8 Å². The lowest BCUT2D eigenvalue weighted by atomic mass is 10.5. The third kappa shape index (κ3) is 7.55. The number of phosphoric ester groups is 1. The fraction of sp³-hybridized carbons (Fsp3) is 1.00. The van der Waals surface area contributed by atoms with Crippen molar-refractivity contribution in [2.75, 3.05) is 0 Å². The molecular formula is C6H11Br2Cl2O4P. The van der Waals surface area contributed by atoms with E-state index in [2.05, 4.69) is 36.4 Å². The van der Waals surface area contributed by atoms with Crippen LogP contribution in [-0.4, -0.2) is 25.7 Å². The predicted molar refractivity (Wildman–Crippen MR) is 68.1 cm³/mol. The molecule has 0 spiro atoms. The molecule has 4 nitrogen and oxygen atoms in total. The van der Waals surface area contributed by atoms with Gasteiger partial charge in [0.05, 0.1) is 5.38 Å². The molecule has 0 saturated heterocycles. The normalized spacial score (nSPS) is 23.9. The van der Waals surface area contributed by atoms with Gasteiger partial charge in [0, 0.05) is 4.83 Å². The van der Waals surface area contributed by atoms with Crippen LogP contribution >= 0.6 is 62.9 Å². The molecule has 0 heterocycles. The number of alkyl halides is 4. The van der Waals surface area contributed by atoms with Gasteiger partial charge in [-0.2, -0.15) is 0 Å². The van der Waals surface area contributed by atoms with Gasteiger partial charge in [-0.15, -0.1) is 11.6 Å². The average Bonchev–Trinajstić information content (AvgIpc) is 2.01. The van der Waals surface area contributed by atoms with E-state index in [0.29, 0.717) is 0 Å². The Morgan fingerprint density at radius 3 is 2.07 bits per heavy atom. The standard InChI is InChI=1S/C6H11Br2Cl2O4P/c1-3(7)5(8)13-15(11,12)14-6(10)4(2)9/h3-6H,1-2H3,(H,11,12). The lowest BCUT2D eigenvalue weighted by Gasteiger charge is -2.20. The maximum atomic E-state index is 11.4. The van der Waals surface area contributed by atoms with Crippen LogP contribution in [0.5, 0.6) is 0 Å². The summed E-state index contributed by atoms with van der Waals surface area (Å²) in [6, 6.07) is 0. The molecule has 0 radical (unpaired) electrons. The lowest BCUT2D eigenvalue weighted by Crippen LogP contribution is -2.18. The molecule has 5 atom stereocenters. The van der Waals surface area contributed by atoms with Gasteiger partial charge in [0.2, 0.25) is 0 Å². The molecule has 0 aliphatic heterocycles. The van der Waals surface area contributed by atoms with E-state index in [4.69, 9.17) is 27.7 Å². The van der Waals surface area contributed by atoms with E-state index < -0.39 is 23.8 Å². The van der Waals surface area contributed by atoms with E-state index in [-0.39, 0.29) is 4.83 Å². The third-order valence-electron chi connectivity index (χ3n) is 1.19. The molecule has 15 heavy (non-hydrogen) atoms. The quantitative estimate of drug-likeness (QED) is 0.536. The zero-order valence-corrected chi connectivity index (χ0v) is 13.5. The molecule has 92 valence electrons. The molecule has 0 saturated carbocycles. The predicted octanol–water partition coefficient (Wildman–Crippen LogP) is 3.82. The first kappa shape index (κ1) is 16.6. The second kappa shape index (κ2) is 7.17. The second-order valence-electron chi connectivity index (χ2n) is 2.74. The zero-order chi connectivity index (χ0) is 12.2. The Hall–Kier alpha value is 1.65. The molecule has 0 amide bonds. The molecule has 0 rings (SSSR count). The fourth-order valence-electron chi connectivity index (χ4n) is 0.447. The van der Waals surface area contributed by atoms with E-state index >= 15 is 0 Å². The lowest BCUT2D eigenvalue weighted by molar-refractivity contribution is 0.130. The minimum atomic E-state index is -4.21. The van der Waals surface area contributed by atoms with Gasteiger partial charge < -0.3 is 4.89 Å². The molecule has 0 fully saturated rings. The van der Waals surface area contributed by atoms with Crippen molar-refractivity contribution in [1.29, 1.82) is 0 Å². The van der Waals surface area contributed by atoms with Crippen LogP contribution in [-0.2, 0) is 13.6 Å². The Morgan fingerprint density at radius 1 is 1.27 bits per heavy atom. The molecule has 0 aliphatic carbocycles. The highest BCUT2D eigenvalue weighted by Crippen LogP contribution is 2.49. The van der Waals surface area contributed by atoms with Gasteiger partial charge in [0.15, 0.2) is 5.56 Å². The summed E-state index contributed by atoms with van der Waals surface area (Å²) < 4.78 is 20.7. The molecule has 0 bridgehead atoms. The summed E-state index contributed by atoms with van der Waals surface area (Å²) in [6.07, 6.45) is 0. The van der Waals surface area contributed by atoms with Crippen LogP contribution in [0.3, 0.4) is 0 Å². The van der Waals surface area contributed by atoms with E-state index in [1.807, 2.05) is 0 Å². The van der Waals surface area contributed by atoms with Crippen molar-refractivity contribution in [3.05, 3.63) is 0 Å². The molecule has 0 aliphatic rings. The number of phosphoric acid groups is 1. The molecule has 5 unspecified atom stereocenters. The van der Waals surface area contributed by atoms with Crippen molar-refractivity contribution in [3.8, 4) is 0 Å². The molecule has 0 aromatic rings. The number of hydrogen-bond acceptors (Lipinski definition) is 3. The highest BCUT2D eigenvalue weighted by molar-refractivity contribution is 9.12. The van der Waals surface area contributed by atoms with Crippen LogP contribution in [0.15, 0.2) is 0 Å². The summed E-state index contributed by atoms with van der Waals surface area (Å²) in [6.45, 7) is 3.28. The van der Waals surface area contributed by atoms with Crippen LogP contribution < -0.4 is 0 Å². The van der Waals surface area contributed by atoms with Gasteiger partial charge in [-0.3, -0.25) is 9.05 Å². The van der Waals surface area contributed by atoms with E-state index in [1.54, 1.807) is 6.92 Å². The van der Waals surface area contributed by atoms with Crippen LogP contribution in [0.25, 0.3) is 0 Å². The highest BCUT2D eigenvalue weighted by Gasteiger charge is 2.31. The summed E-state index contributed by atoms with van der Waals surface area (Å²) in [5.74, 6) is 0. The van der Waals surface area contributed by atoms with Crippen molar-refractivity contribution in [3.63, 3.8) is 0 Å². The minimum Gasteiger partial charge on any atom is -0.302 e. The molecule has 0 aromatic heterocycles. The van der Waals surface area contributed by atoms with Crippen molar-refractivity contribution in [1.82, 2.24) is 0 Å². The summed E-state index contributed by atoms with van der Waals surface area (Å²) in [7, 11) is -4.21. The third-order valence-corrected chi connectivity index (χ3v) is 5.58. The summed E-state index contributed by atoms with van der Waals surface area (Å²) in [5.41, 5.74) is -1.09. The van der Waals surface area contributed by atoms with Gasteiger partial charge in [-0.1, -0.05) is 43.5 Å². The monoisotopic (exact) mass is 406 g/mol. The smallest absolute Gasteiger partial charge is 0.302 e. The van der Waals surface area contributed by atoms with Gasteiger partial charge in [0.25, 0.3) is 0 Å². The topological polar surface area (TPSA) is 55.8 Å². The average molecular weight is 409 g/mol. The molecule has 9 heteroatoms. The SMILES string of the molecule is CC(Cl)C(Cl)OP(=O)(O)OC(Br)C(C)Br. The Kier molecular flexibility index (Phi) is 7.95. The van der Waals surface area contributed by atoms with E-state index in [9.17, 15) is 9.46 Å². The summed E-state index contributed by atoms with van der Waals surface area (Å²) >= 11 is 17.4. The van der Waals surface area contributed by atoms with E-state index in [0.717, 1.165) is 0 Å². The van der Waals surface area contributed by atoms with Crippen LogP contribution in [0.2, 0.25) is 0 Å². The van der Waals surface area contributed by atoms with Gasteiger partial charge in [-0.05, 0) is 13.8 Å². The van der Waals surface area contributed by atoms with Crippen molar-refractivity contribution in [2.45, 2.75) is 34.6 Å². The summed E-state index contributed by atoms with van der Waals surface area (Å²) in [5, 5.41) is -1.27. The van der Waals surface area contributed by atoms with Crippen LogP contribution in [0, 0.1) is 0 Å². The number of rotatable bonds is 6. The fourth-order valence-corrected chi connectivity index (χ4v) is 2.70. The highest BCUT2D eigenvalue weighted by atomic mass is 79.9. The van der Waals surface area contributed by atoms with Gasteiger partial charge in [-0.25, -0.2) is 4.57 Å². The zero-order valence-electron chi connectivity index (χ0n) is 7.94. The van der Waals surface area contributed by atoms with Gasteiger partial charge >= 0.3 is 7.82 Å². The molecular weight excluding hydrogens is 398 g/mol. The Labute approximate surface area is 115 Å². The largest absolute Gasteiger partial charge is 0.474 e. The first-order valence-corrected chi connectivity index (χ1v) is 8.11. The first-order valence-electron chi connectivity index (χ1n) is 3.91. The van der Waals surface area contributed by atoms with E-state index in [1.165, 1.54) is 6.92 Å². The van der Waals surface area contributed by atoms with Crippen molar-refractivity contribution in [2.24, 2.45) is 0 Å². The first-order chi connectivity index (χ1) is 6.65.